The number of hydrogen-bond donors (Lipinski definition) is 1. The summed E-state index contributed by atoms with van der Waals surface area (Å²) >= 11 is 1.27. The van der Waals surface area contributed by atoms with Crippen LogP contribution in [0.2, 0.25) is 0 Å². The van der Waals surface area contributed by atoms with E-state index in [2.05, 4.69) is 18.8 Å². The van der Waals surface area contributed by atoms with Gasteiger partial charge in [0.15, 0.2) is 5.13 Å². The Kier molecular flexibility index (Phi) is 4.51. The third-order valence-electron chi connectivity index (χ3n) is 2.45. The predicted octanol–water partition coefficient (Wildman–Crippen LogP) is 2.54. The minimum atomic E-state index is 0.0420. The van der Waals surface area contributed by atoms with Crippen molar-refractivity contribution in [2.24, 2.45) is 5.92 Å². The van der Waals surface area contributed by atoms with Crippen molar-refractivity contribution in [1.82, 2.24) is 9.88 Å². The number of aryl methyl sites for hydroxylation is 1. The Morgan fingerprint density at radius 1 is 1.41 bits per heavy atom. The van der Waals surface area contributed by atoms with E-state index in [4.69, 9.17) is 5.73 Å². The number of amides is 1. The van der Waals surface area contributed by atoms with Crippen molar-refractivity contribution >= 4 is 22.4 Å². The van der Waals surface area contributed by atoms with Crippen molar-refractivity contribution in [3.63, 3.8) is 0 Å². The normalized spacial score (nSPS) is 11.2. The minimum Gasteiger partial charge on any atom is -0.375 e. The zero-order valence-corrected chi connectivity index (χ0v) is 12.0. The van der Waals surface area contributed by atoms with Gasteiger partial charge in [-0.1, -0.05) is 25.2 Å². The van der Waals surface area contributed by atoms with Crippen molar-refractivity contribution in [1.29, 1.82) is 0 Å². The molecule has 17 heavy (non-hydrogen) atoms. The highest BCUT2D eigenvalue weighted by atomic mass is 32.1. The molecule has 4 nitrogen and oxygen atoms in total. The number of anilines is 1. The van der Waals surface area contributed by atoms with Gasteiger partial charge in [0.1, 0.15) is 4.88 Å². The third-order valence-corrected chi connectivity index (χ3v) is 3.43. The van der Waals surface area contributed by atoms with Gasteiger partial charge in [-0.3, -0.25) is 4.79 Å². The van der Waals surface area contributed by atoms with E-state index in [1.54, 1.807) is 0 Å². The predicted molar refractivity (Wildman–Crippen MR) is 72.3 cm³/mol. The van der Waals surface area contributed by atoms with E-state index in [0.717, 1.165) is 12.2 Å². The molecule has 0 aliphatic heterocycles. The maximum Gasteiger partial charge on any atom is 0.266 e. The van der Waals surface area contributed by atoms with Gasteiger partial charge in [0.2, 0.25) is 0 Å². The molecule has 0 aliphatic rings. The fourth-order valence-corrected chi connectivity index (χ4v) is 2.46. The summed E-state index contributed by atoms with van der Waals surface area (Å²) in [5.41, 5.74) is 6.36. The lowest BCUT2D eigenvalue weighted by Crippen LogP contribution is -2.39. The first-order valence-electron chi connectivity index (χ1n) is 5.86. The van der Waals surface area contributed by atoms with Crippen LogP contribution in [0, 0.1) is 12.8 Å². The quantitative estimate of drug-likeness (QED) is 0.899. The number of carbonyl (C=O) groups excluding carboxylic acids is 1. The summed E-state index contributed by atoms with van der Waals surface area (Å²) in [4.78, 5) is 19.0. The van der Waals surface area contributed by atoms with Crippen molar-refractivity contribution in [2.45, 2.75) is 40.7 Å². The molecule has 0 aliphatic carbocycles. The van der Waals surface area contributed by atoms with Crippen molar-refractivity contribution in [2.75, 3.05) is 12.3 Å². The Labute approximate surface area is 107 Å². The van der Waals surface area contributed by atoms with Crippen LogP contribution in [0.1, 0.15) is 43.1 Å². The molecular weight excluding hydrogens is 234 g/mol. The molecule has 0 bridgehead atoms. The lowest BCUT2D eigenvalue weighted by molar-refractivity contribution is 0.0686. The van der Waals surface area contributed by atoms with E-state index in [-0.39, 0.29) is 11.9 Å². The molecule has 96 valence electrons. The SMILES string of the molecule is Cc1nc(N)sc1C(=O)N(CC(C)C)C(C)C. The monoisotopic (exact) mass is 255 g/mol. The molecule has 1 amide bonds. The number of nitrogens with zero attached hydrogens (tertiary/aromatic N) is 2. The Morgan fingerprint density at radius 3 is 2.35 bits per heavy atom. The molecule has 1 heterocycles. The highest BCUT2D eigenvalue weighted by molar-refractivity contribution is 7.17. The van der Waals surface area contributed by atoms with Crippen molar-refractivity contribution in [3.05, 3.63) is 10.6 Å². The van der Waals surface area contributed by atoms with E-state index in [1.807, 2.05) is 25.7 Å². The zero-order chi connectivity index (χ0) is 13.2. The van der Waals surface area contributed by atoms with E-state index < -0.39 is 0 Å². The van der Waals surface area contributed by atoms with Gasteiger partial charge in [0, 0.05) is 12.6 Å². The first-order chi connectivity index (χ1) is 7.82. The van der Waals surface area contributed by atoms with Crippen LogP contribution in [0.3, 0.4) is 0 Å². The molecule has 0 spiro atoms. The molecule has 0 atom stereocenters. The van der Waals surface area contributed by atoms with Gasteiger partial charge in [-0.2, -0.15) is 0 Å². The lowest BCUT2D eigenvalue weighted by atomic mass is 10.1. The zero-order valence-electron chi connectivity index (χ0n) is 11.2. The molecule has 2 N–H and O–H groups in total. The van der Waals surface area contributed by atoms with Crippen LogP contribution in [0.25, 0.3) is 0 Å². The number of aromatic nitrogens is 1. The molecule has 0 fully saturated rings. The first kappa shape index (κ1) is 14.0. The summed E-state index contributed by atoms with van der Waals surface area (Å²) in [6.45, 7) is 10.9. The van der Waals surface area contributed by atoms with Crippen LogP contribution in [-0.4, -0.2) is 28.4 Å². The molecule has 0 saturated heterocycles. The average molecular weight is 255 g/mol. The smallest absolute Gasteiger partial charge is 0.266 e. The summed E-state index contributed by atoms with van der Waals surface area (Å²) < 4.78 is 0. The molecule has 1 rings (SSSR count). The van der Waals surface area contributed by atoms with Crippen LogP contribution >= 0.6 is 11.3 Å². The Balaban J connectivity index is 2.95. The molecule has 0 saturated carbocycles. The summed E-state index contributed by atoms with van der Waals surface area (Å²) in [6, 6.07) is 0.188. The maximum absolute atomic E-state index is 12.4. The van der Waals surface area contributed by atoms with E-state index in [1.165, 1.54) is 11.3 Å². The van der Waals surface area contributed by atoms with Gasteiger partial charge in [0.05, 0.1) is 5.69 Å². The van der Waals surface area contributed by atoms with Crippen LogP contribution in [0.4, 0.5) is 5.13 Å². The highest BCUT2D eigenvalue weighted by Crippen LogP contribution is 2.22. The van der Waals surface area contributed by atoms with E-state index in [9.17, 15) is 4.79 Å². The number of nitrogen functional groups attached to an aromatic ring is 1. The number of thiazole rings is 1. The summed E-state index contributed by atoms with van der Waals surface area (Å²) in [5.74, 6) is 0.493. The standard InChI is InChI=1S/C12H21N3OS/c1-7(2)6-15(8(3)4)11(16)10-9(5)14-12(13)17-10/h7-8H,6H2,1-5H3,(H2,13,14). The van der Waals surface area contributed by atoms with Crippen molar-refractivity contribution < 1.29 is 4.79 Å². The van der Waals surface area contributed by atoms with Crippen LogP contribution < -0.4 is 5.73 Å². The highest BCUT2D eigenvalue weighted by Gasteiger charge is 2.23. The lowest BCUT2D eigenvalue weighted by Gasteiger charge is -2.28. The maximum atomic E-state index is 12.4. The molecular formula is C12H21N3OS. The van der Waals surface area contributed by atoms with Gasteiger partial charge in [-0.05, 0) is 26.7 Å². The largest absolute Gasteiger partial charge is 0.375 e. The fourth-order valence-electron chi connectivity index (χ4n) is 1.67. The van der Waals surface area contributed by atoms with Gasteiger partial charge >= 0.3 is 0 Å². The summed E-state index contributed by atoms with van der Waals surface area (Å²) in [5, 5.41) is 0.458. The molecule has 0 aromatic carbocycles. The second kappa shape index (κ2) is 5.49. The van der Waals surface area contributed by atoms with Gasteiger partial charge in [-0.15, -0.1) is 0 Å². The Bertz CT molecular complexity index is 398. The second-order valence-corrected chi connectivity index (χ2v) is 5.94. The van der Waals surface area contributed by atoms with Gasteiger partial charge in [0.25, 0.3) is 5.91 Å². The fraction of sp³-hybridized carbons (Fsp3) is 0.667. The molecule has 1 aromatic rings. The summed E-state index contributed by atoms with van der Waals surface area (Å²) in [6.07, 6.45) is 0. The Hall–Kier alpha value is -1.10. The van der Waals surface area contributed by atoms with Crippen LogP contribution in [0.15, 0.2) is 0 Å². The van der Waals surface area contributed by atoms with Crippen LogP contribution in [-0.2, 0) is 0 Å². The van der Waals surface area contributed by atoms with Gasteiger partial charge in [-0.25, -0.2) is 4.98 Å². The third kappa shape index (κ3) is 3.43. The van der Waals surface area contributed by atoms with Gasteiger partial charge < -0.3 is 10.6 Å². The van der Waals surface area contributed by atoms with E-state index in [0.29, 0.717) is 15.9 Å². The number of rotatable bonds is 4. The number of carbonyl (C=O) groups is 1. The summed E-state index contributed by atoms with van der Waals surface area (Å²) in [7, 11) is 0. The molecule has 0 radical (unpaired) electrons. The average Bonchev–Trinajstić information content (AvgIpc) is 2.52. The first-order valence-corrected chi connectivity index (χ1v) is 6.68. The number of hydrogen-bond acceptors (Lipinski definition) is 4. The van der Waals surface area contributed by atoms with Crippen LogP contribution in [0.5, 0.6) is 0 Å². The second-order valence-electron chi connectivity index (χ2n) is 4.91. The Morgan fingerprint density at radius 2 is 2.00 bits per heavy atom. The molecule has 5 heteroatoms. The molecule has 0 unspecified atom stereocenters. The van der Waals surface area contributed by atoms with E-state index >= 15 is 0 Å². The topological polar surface area (TPSA) is 59.2 Å². The van der Waals surface area contributed by atoms with Crippen molar-refractivity contribution in [3.8, 4) is 0 Å². The molecule has 1 aromatic heterocycles. The minimum absolute atomic E-state index is 0.0420. The number of nitrogens with two attached hydrogens (primary N) is 1.